The molecule has 0 aromatic rings. The summed E-state index contributed by atoms with van der Waals surface area (Å²) in [5.74, 6) is -0.301. The van der Waals surface area contributed by atoms with Crippen LogP contribution in [0.3, 0.4) is 0 Å². The Labute approximate surface area is 95.1 Å². The molecule has 0 atom stereocenters. The first kappa shape index (κ1) is 15.3. The molecule has 0 amide bonds. The number of nitrogens with one attached hydrogen (secondary N) is 1. The van der Waals surface area contributed by atoms with Crippen molar-refractivity contribution in [2.75, 3.05) is 25.4 Å². The Kier molecular flexibility index (Phi) is 10.8. The zero-order chi connectivity index (χ0) is 8.74. The van der Waals surface area contributed by atoms with E-state index in [0.29, 0.717) is 26.1 Å². The fourth-order valence-electron chi connectivity index (χ4n) is 0.601. The van der Waals surface area contributed by atoms with Crippen LogP contribution >= 0.6 is 0 Å². The van der Waals surface area contributed by atoms with Gasteiger partial charge in [-0.25, -0.2) is 8.42 Å². The minimum Gasteiger partial charge on any atom is -0.748 e. The molecule has 68 valence electrons. The molecule has 0 heterocycles. The van der Waals surface area contributed by atoms with Gasteiger partial charge in [-0.05, 0) is 13.0 Å². The third-order valence-electron chi connectivity index (χ3n) is 1.07. The Morgan fingerprint density at radius 2 is 1.92 bits per heavy atom. The van der Waals surface area contributed by atoms with Gasteiger partial charge in [0.05, 0.1) is 10.1 Å². The van der Waals surface area contributed by atoms with Crippen molar-refractivity contribution >= 4 is 10.1 Å². The summed E-state index contributed by atoms with van der Waals surface area (Å²) in [6.07, 6.45) is 0.353. The molecule has 0 unspecified atom stereocenters. The van der Waals surface area contributed by atoms with Crippen molar-refractivity contribution in [1.29, 1.82) is 0 Å². The Morgan fingerprint density at radius 1 is 1.33 bits per heavy atom. The fraction of sp³-hybridized carbons (Fsp3) is 1.00. The summed E-state index contributed by atoms with van der Waals surface area (Å²) in [5.41, 5.74) is 5.15. The van der Waals surface area contributed by atoms with Gasteiger partial charge < -0.3 is 15.6 Å². The summed E-state index contributed by atoms with van der Waals surface area (Å²) in [4.78, 5) is 0. The van der Waals surface area contributed by atoms with E-state index in [4.69, 9.17) is 5.73 Å². The van der Waals surface area contributed by atoms with Crippen molar-refractivity contribution in [3.8, 4) is 0 Å². The minimum absolute atomic E-state index is 0. The second kappa shape index (κ2) is 8.43. The van der Waals surface area contributed by atoms with Crippen LogP contribution in [0.2, 0.25) is 0 Å². The Balaban J connectivity index is 0. The van der Waals surface area contributed by atoms with Crippen LogP contribution in [0.4, 0.5) is 0 Å². The molecule has 0 rings (SSSR count). The average molecular weight is 204 g/mol. The van der Waals surface area contributed by atoms with E-state index in [1.165, 1.54) is 0 Å². The molecule has 0 aliphatic heterocycles. The van der Waals surface area contributed by atoms with Gasteiger partial charge in [-0.2, -0.15) is 0 Å². The smallest absolute Gasteiger partial charge is 0.748 e. The zero-order valence-corrected chi connectivity index (χ0v) is 10.1. The zero-order valence-electron chi connectivity index (χ0n) is 7.25. The van der Waals surface area contributed by atoms with E-state index >= 15 is 0 Å². The Bertz CT molecular complexity index is 183. The summed E-state index contributed by atoms with van der Waals surface area (Å²) in [5, 5.41) is 2.88. The van der Waals surface area contributed by atoms with Crippen LogP contribution in [0.15, 0.2) is 0 Å². The van der Waals surface area contributed by atoms with E-state index in [-0.39, 0.29) is 35.3 Å². The van der Waals surface area contributed by atoms with E-state index in [0.717, 1.165) is 0 Å². The second-order valence-corrected chi connectivity index (χ2v) is 3.68. The predicted molar refractivity (Wildman–Crippen MR) is 41.1 cm³/mol. The molecule has 0 radical (unpaired) electrons. The van der Waals surface area contributed by atoms with Crippen LogP contribution in [0.1, 0.15) is 6.42 Å². The largest absolute Gasteiger partial charge is 1.00 e. The van der Waals surface area contributed by atoms with E-state index in [1.54, 1.807) is 0 Å². The standard InChI is InChI=1S/C5H14N2O3S.Na/c6-2-4-7-3-1-5-11(8,9)10;/h7H,1-6H2,(H,8,9,10);/q;+1/p-1. The SMILES string of the molecule is NCCNCCCS(=O)(=O)[O-].[Na+]. The maximum Gasteiger partial charge on any atom is 1.00 e. The maximum absolute atomic E-state index is 10.1. The van der Waals surface area contributed by atoms with E-state index < -0.39 is 10.1 Å². The van der Waals surface area contributed by atoms with Crippen molar-refractivity contribution in [3.05, 3.63) is 0 Å². The van der Waals surface area contributed by atoms with Crippen LogP contribution in [0, 0.1) is 0 Å². The van der Waals surface area contributed by atoms with Crippen LogP contribution in [-0.2, 0) is 10.1 Å². The normalized spacial score (nSPS) is 10.8. The van der Waals surface area contributed by atoms with Gasteiger partial charge in [0.25, 0.3) is 0 Å². The molecule has 5 nitrogen and oxygen atoms in total. The third-order valence-corrected chi connectivity index (χ3v) is 1.86. The molecule has 0 fully saturated rings. The van der Waals surface area contributed by atoms with E-state index in [9.17, 15) is 13.0 Å². The first-order valence-electron chi connectivity index (χ1n) is 3.40. The first-order valence-corrected chi connectivity index (χ1v) is 4.98. The molecule has 0 aromatic carbocycles. The summed E-state index contributed by atoms with van der Waals surface area (Å²) in [6, 6.07) is 0. The average Bonchev–Trinajstić information content (AvgIpc) is 1.85. The monoisotopic (exact) mass is 204 g/mol. The van der Waals surface area contributed by atoms with Crippen LogP contribution < -0.4 is 40.6 Å². The van der Waals surface area contributed by atoms with Crippen LogP contribution in [0.5, 0.6) is 0 Å². The van der Waals surface area contributed by atoms with Gasteiger partial charge in [0.1, 0.15) is 0 Å². The van der Waals surface area contributed by atoms with Crippen molar-refractivity contribution in [2.45, 2.75) is 6.42 Å². The molecule has 12 heavy (non-hydrogen) atoms. The molecule has 0 spiro atoms. The van der Waals surface area contributed by atoms with Crippen molar-refractivity contribution < 1.29 is 42.5 Å². The number of rotatable bonds is 6. The fourth-order valence-corrected chi connectivity index (χ4v) is 1.10. The molecule has 0 aromatic heterocycles. The quantitative estimate of drug-likeness (QED) is 0.258. The van der Waals surface area contributed by atoms with E-state index in [2.05, 4.69) is 5.32 Å². The van der Waals surface area contributed by atoms with Crippen LogP contribution in [0.25, 0.3) is 0 Å². The summed E-state index contributed by atoms with van der Waals surface area (Å²) >= 11 is 0. The molecule has 3 N–H and O–H groups in total. The molecule has 0 aliphatic rings. The Hall–Kier alpha value is 0.830. The molecule has 0 aliphatic carbocycles. The number of hydrogen-bond acceptors (Lipinski definition) is 5. The molecule has 0 bridgehead atoms. The third kappa shape index (κ3) is 13.4. The van der Waals surface area contributed by atoms with Crippen molar-refractivity contribution in [1.82, 2.24) is 5.32 Å². The molecular weight excluding hydrogens is 191 g/mol. The molecule has 7 heteroatoms. The number of hydrogen-bond donors (Lipinski definition) is 2. The summed E-state index contributed by atoms with van der Waals surface area (Å²) < 4.78 is 30.2. The summed E-state index contributed by atoms with van der Waals surface area (Å²) in [6.45, 7) is 1.70. The molecule has 0 saturated carbocycles. The van der Waals surface area contributed by atoms with Gasteiger partial charge in [-0.15, -0.1) is 0 Å². The van der Waals surface area contributed by atoms with Gasteiger partial charge in [0.15, 0.2) is 0 Å². The van der Waals surface area contributed by atoms with Gasteiger partial charge >= 0.3 is 29.6 Å². The second-order valence-electron chi connectivity index (χ2n) is 2.15. The first-order chi connectivity index (χ1) is 5.06. The molecular formula is C5H13N2NaO3S. The topological polar surface area (TPSA) is 95.2 Å². The van der Waals surface area contributed by atoms with Gasteiger partial charge in [-0.1, -0.05) is 0 Å². The number of nitrogens with two attached hydrogens (primary N) is 1. The van der Waals surface area contributed by atoms with E-state index in [1.807, 2.05) is 0 Å². The van der Waals surface area contributed by atoms with Crippen molar-refractivity contribution in [2.24, 2.45) is 5.73 Å². The van der Waals surface area contributed by atoms with Crippen molar-refractivity contribution in [3.63, 3.8) is 0 Å². The predicted octanol–water partition coefficient (Wildman–Crippen LogP) is -4.53. The Morgan fingerprint density at radius 3 is 2.33 bits per heavy atom. The maximum atomic E-state index is 10.1. The minimum atomic E-state index is -4.03. The van der Waals surface area contributed by atoms with Gasteiger partial charge in [0, 0.05) is 18.8 Å². The summed E-state index contributed by atoms with van der Waals surface area (Å²) in [7, 11) is -4.03. The van der Waals surface area contributed by atoms with Gasteiger partial charge in [0.2, 0.25) is 0 Å². The molecule has 0 saturated heterocycles. The van der Waals surface area contributed by atoms with Gasteiger partial charge in [-0.3, -0.25) is 0 Å². The van der Waals surface area contributed by atoms with Crippen LogP contribution in [-0.4, -0.2) is 38.4 Å².